The largest absolute Gasteiger partial charge is 0.507 e. The van der Waals surface area contributed by atoms with Gasteiger partial charge in [-0.3, -0.25) is 0 Å². The van der Waals surface area contributed by atoms with Gasteiger partial charge in [0.2, 0.25) is 0 Å². The van der Waals surface area contributed by atoms with Crippen LogP contribution in [0, 0.1) is 0 Å². The second-order valence-electron chi connectivity index (χ2n) is 3.07. The number of aliphatic carboxylic acids is 1. The lowest BCUT2D eigenvalue weighted by molar-refractivity contribution is -0.135. The molecule has 0 fully saturated rings. The van der Waals surface area contributed by atoms with E-state index in [0.717, 1.165) is 0 Å². The fraction of sp³-hybridized carbons (Fsp3) is 0.200. The van der Waals surface area contributed by atoms with Gasteiger partial charge >= 0.3 is 11.9 Å². The van der Waals surface area contributed by atoms with Gasteiger partial charge in [-0.25, -0.2) is 9.59 Å². The number of methoxy groups -OCH3 is 1. The number of phenols is 1. The standard InChI is InChI=1S/C8H9NO3.C2HCl3O2/c1-12-8(11)6-4-5(9)2-3-7(6)10;3-2(4,5)1(6)7/h2-4,10H,9H2,1H3;(H,6,7). The number of ether oxygens (including phenoxy) is 1. The summed E-state index contributed by atoms with van der Waals surface area (Å²) in [5.74, 6) is -2.19. The maximum atomic E-state index is 10.9. The van der Waals surface area contributed by atoms with Crippen LogP contribution in [0.3, 0.4) is 0 Å². The first-order valence-corrected chi connectivity index (χ1v) is 5.70. The van der Waals surface area contributed by atoms with Crippen LogP contribution in [0.1, 0.15) is 10.4 Å². The Morgan fingerprint density at radius 3 is 2.16 bits per heavy atom. The van der Waals surface area contributed by atoms with E-state index < -0.39 is 15.7 Å². The van der Waals surface area contributed by atoms with Crippen molar-refractivity contribution in [2.45, 2.75) is 3.79 Å². The molecule has 0 heterocycles. The van der Waals surface area contributed by atoms with Crippen LogP contribution >= 0.6 is 34.8 Å². The van der Waals surface area contributed by atoms with Crippen LogP contribution in [-0.4, -0.2) is 33.1 Å². The van der Waals surface area contributed by atoms with E-state index in [1.54, 1.807) is 0 Å². The lowest BCUT2D eigenvalue weighted by Gasteiger charge is -2.02. The van der Waals surface area contributed by atoms with Crippen molar-refractivity contribution >= 4 is 52.4 Å². The Bertz CT molecular complexity index is 473. The molecule has 0 spiro atoms. The van der Waals surface area contributed by atoms with Gasteiger partial charge in [-0.15, -0.1) is 0 Å². The Hall–Kier alpha value is -1.37. The Balaban J connectivity index is 0.000000399. The number of carboxylic acid groups (broad SMARTS) is 1. The minimum atomic E-state index is -2.17. The zero-order valence-corrected chi connectivity index (χ0v) is 11.8. The number of hydrogen-bond acceptors (Lipinski definition) is 5. The quantitative estimate of drug-likeness (QED) is 0.315. The van der Waals surface area contributed by atoms with Crippen molar-refractivity contribution < 1.29 is 24.5 Å². The third-order valence-electron chi connectivity index (χ3n) is 1.67. The molecule has 0 radical (unpaired) electrons. The van der Waals surface area contributed by atoms with E-state index >= 15 is 0 Å². The number of carbonyl (C=O) groups excluding carboxylic acids is 1. The summed E-state index contributed by atoms with van der Waals surface area (Å²) < 4.78 is 2.25. The molecule has 1 rings (SSSR count). The van der Waals surface area contributed by atoms with Crippen molar-refractivity contribution in [1.82, 2.24) is 0 Å². The Kier molecular flexibility index (Phi) is 6.75. The highest BCUT2D eigenvalue weighted by molar-refractivity contribution is 6.75. The van der Waals surface area contributed by atoms with Crippen LogP contribution in [0.15, 0.2) is 18.2 Å². The molecule has 1 aromatic rings. The molecule has 0 saturated heterocycles. The first-order chi connectivity index (χ1) is 8.59. The van der Waals surface area contributed by atoms with Gasteiger partial charge in [0.1, 0.15) is 11.3 Å². The van der Waals surface area contributed by atoms with Crippen LogP contribution in [0.25, 0.3) is 0 Å². The van der Waals surface area contributed by atoms with Crippen molar-refractivity contribution in [3.8, 4) is 5.75 Å². The number of alkyl halides is 3. The normalized spacial score (nSPS) is 10.1. The van der Waals surface area contributed by atoms with Crippen LogP contribution in [0.2, 0.25) is 0 Å². The fourth-order valence-electron chi connectivity index (χ4n) is 0.827. The summed E-state index contributed by atoms with van der Waals surface area (Å²) in [6.45, 7) is 0. The number of nitrogens with two attached hydrogens (primary N) is 1. The highest BCUT2D eigenvalue weighted by Gasteiger charge is 2.29. The van der Waals surface area contributed by atoms with Gasteiger partial charge in [0.25, 0.3) is 3.79 Å². The average Bonchev–Trinajstić information content (AvgIpc) is 2.31. The Morgan fingerprint density at radius 2 is 1.79 bits per heavy atom. The minimum Gasteiger partial charge on any atom is -0.507 e. The number of nitrogen functional groups attached to an aromatic ring is 1. The molecule has 0 atom stereocenters. The second-order valence-corrected chi connectivity index (χ2v) is 5.35. The molecule has 0 amide bonds. The summed E-state index contributed by atoms with van der Waals surface area (Å²) in [5.41, 5.74) is 5.89. The summed E-state index contributed by atoms with van der Waals surface area (Å²) in [4.78, 5) is 20.6. The monoisotopic (exact) mass is 329 g/mol. The zero-order chi connectivity index (χ0) is 15.2. The van der Waals surface area contributed by atoms with Crippen LogP contribution < -0.4 is 5.73 Å². The Labute approximate surface area is 123 Å². The number of aromatic hydroxyl groups is 1. The smallest absolute Gasteiger partial charge is 0.356 e. The lowest BCUT2D eigenvalue weighted by Crippen LogP contribution is -2.16. The minimum absolute atomic E-state index is 0.0810. The van der Waals surface area contributed by atoms with Crippen molar-refractivity contribution in [1.29, 1.82) is 0 Å². The van der Waals surface area contributed by atoms with Crippen LogP contribution in [0.4, 0.5) is 5.69 Å². The molecule has 0 aliphatic carbocycles. The Morgan fingerprint density at radius 1 is 1.32 bits per heavy atom. The van der Waals surface area contributed by atoms with Gasteiger partial charge in [0, 0.05) is 5.69 Å². The predicted molar refractivity (Wildman–Crippen MR) is 71.8 cm³/mol. The van der Waals surface area contributed by atoms with Gasteiger partial charge in [0.15, 0.2) is 0 Å². The third-order valence-corrected chi connectivity index (χ3v) is 2.15. The number of rotatable bonds is 1. The van der Waals surface area contributed by atoms with E-state index in [9.17, 15) is 14.7 Å². The van der Waals surface area contributed by atoms with Crippen molar-refractivity contribution in [2.75, 3.05) is 12.8 Å². The summed E-state index contributed by atoms with van der Waals surface area (Å²) in [5, 5.41) is 17.0. The number of anilines is 1. The first kappa shape index (κ1) is 17.6. The topological polar surface area (TPSA) is 110 Å². The molecule has 0 aromatic heterocycles. The molecule has 1 aromatic carbocycles. The van der Waals surface area contributed by atoms with E-state index in [-0.39, 0.29) is 11.3 Å². The molecule has 0 unspecified atom stereocenters. The molecule has 0 aliphatic rings. The molecular weight excluding hydrogens is 320 g/mol. The molecule has 6 nitrogen and oxygen atoms in total. The van der Waals surface area contributed by atoms with Gasteiger partial charge in [-0.2, -0.15) is 0 Å². The maximum Gasteiger partial charge on any atom is 0.356 e. The molecule has 106 valence electrons. The van der Waals surface area contributed by atoms with Crippen molar-refractivity contribution in [3.05, 3.63) is 23.8 Å². The molecule has 19 heavy (non-hydrogen) atoms. The summed E-state index contributed by atoms with van der Waals surface area (Å²) >= 11 is 14.4. The summed E-state index contributed by atoms with van der Waals surface area (Å²) in [6.07, 6.45) is 0. The van der Waals surface area contributed by atoms with E-state index in [4.69, 9.17) is 45.6 Å². The van der Waals surface area contributed by atoms with Gasteiger partial charge in [0.05, 0.1) is 7.11 Å². The highest BCUT2D eigenvalue weighted by atomic mass is 35.6. The van der Waals surface area contributed by atoms with Crippen molar-refractivity contribution in [3.63, 3.8) is 0 Å². The number of benzene rings is 1. The third kappa shape index (κ3) is 6.37. The van der Waals surface area contributed by atoms with Gasteiger partial charge in [-0.05, 0) is 18.2 Å². The summed E-state index contributed by atoms with van der Waals surface area (Å²) in [6, 6.07) is 4.21. The molecular formula is C10H10Cl3NO5. The number of carbonyl (C=O) groups is 2. The first-order valence-electron chi connectivity index (χ1n) is 4.56. The number of carboxylic acids is 1. The SMILES string of the molecule is COC(=O)c1cc(N)ccc1O.O=C(O)C(Cl)(Cl)Cl. The van der Waals surface area contributed by atoms with Crippen LogP contribution in [0.5, 0.6) is 5.75 Å². The average molecular weight is 331 g/mol. The van der Waals surface area contributed by atoms with Crippen molar-refractivity contribution in [2.24, 2.45) is 0 Å². The predicted octanol–water partition coefficient (Wildman–Crippen LogP) is 2.20. The maximum absolute atomic E-state index is 10.9. The molecule has 0 bridgehead atoms. The highest BCUT2D eigenvalue weighted by Crippen LogP contribution is 2.25. The summed E-state index contributed by atoms with van der Waals surface area (Å²) in [7, 11) is 1.24. The van der Waals surface area contributed by atoms with E-state index in [0.29, 0.717) is 5.69 Å². The number of halogens is 3. The number of phenolic OH excluding ortho intramolecular Hbond substituents is 1. The molecule has 0 aliphatic heterocycles. The lowest BCUT2D eigenvalue weighted by atomic mass is 10.2. The van der Waals surface area contributed by atoms with E-state index in [1.807, 2.05) is 0 Å². The zero-order valence-electron chi connectivity index (χ0n) is 9.56. The molecule has 4 N–H and O–H groups in total. The molecule has 9 heteroatoms. The second kappa shape index (κ2) is 7.28. The fourth-order valence-corrected chi connectivity index (χ4v) is 0.827. The van der Waals surface area contributed by atoms with Gasteiger partial charge in [-0.1, -0.05) is 34.8 Å². The van der Waals surface area contributed by atoms with E-state index in [1.165, 1.54) is 25.3 Å². The van der Waals surface area contributed by atoms with Gasteiger partial charge < -0.3 is 20.7 Å². The van der Waals surface area contributed by atoms with Crippen LogP contribution in [-0.2, 0) is 9.53 Å². The molecule has 0 saturated carbocycles. The number of hydrogen-bond donors (Lipinski definition) is 3. The number of esters is 1. The van der Waals surface area contributed by atoms with E-state index in [2.05, 4.69) is 4.74 Å².